The van der Waals surface area contributed by atoms with Gasteiger partial charge in [0.25, 0.3) is 0 Å². The van der Waals surface area contributed by atoms with E-state index in [2.05, 4.69) is 24.5 Å². The number of ether oxygens (including phenoxy) is 1. The van der Waals surface area contributed by atoms with Gasteiger partial charge in [-0.15, -0.1) is 0 Å². The van der Waals surface area contributed by atoms with E-state index in [4.69, 9.17) is 4.74 Å². The predicted molar refractivity (Wildman–Crippen MR) is 71.1 cm³/mol. The average molecular weight is 258 g/mol. The molecule has 106 valence electrons. The number of carbonyl (C=O) groups excluding carboxylic acids is 2. The summed E-state index contributed by atoms with van der Waals surface area (Å²) in [6.45, 7) is 8.89. The lowest BCUT2D eigenvalue weighted by atomic mass is 9.91. The van der Waals surface area contributed by atoms with E-state index >= 15 is 0 Å². The summed E-state index contributed by atoms with van der Waals surface area (Å²) in [6.07, 6.45) is 0.910. The molecule has 5 heteroatoms. The summed E-state index contributed by atoms with van der Waals surface area (Å²) < 4.78 is 4.84. The topological polar surface area (TPSA) is 67.4 Å². The van der Waals surface area contributed by atoms with Crippen LogP contribution in [0.1, 0.15) is 34.1 Å². The van der Waals surface area contributed by atoms with Crippen LogP contribution in [0.25, 0.3) is 0 Å². The fourth-order valence-corrected chi connectivity index (χ4v) is 1.29. The molecule has 0 aromatic rings. The zero-order valence-electron chi connectivity index (χ0n) is 12.1. The second kappa shape index (κ2) is 8.08. The Kier molecular flexibility index (Phi) is 7.59. The van der Waals surface area contributed by atoms with Crippen LogP contribution < -0.4 is 10.6 Å². The standard InChI is InChI=1S/C13H26N2O3/c1-10(2)6-7-14-11(16)13(3,4)12(17)15-8-9-18-5/h10H,6-9H2,1-5H3,(H,14,16)(H,15,17). The number of methoxy groups -OCH3 is 1. The number of hydrogen-bond acceptors (Lipinski definition) is 3. The quantitative estimate of drug-likeness (QED) is 0.503. The second-order valence-corrected chi connectivity index (χ2v) is 5.31. The van der Waals surface area contributed by atoms with Gasteiger partial charge in [0.2, 0.25) is 11.8 Å². The molecule has 0 heterocycles. The summed E-state index contributed by atoms with van der Waals surface area (Å²) in [4.78, 5) is 23.8. The van der Waals surface area contributed by atoms with Gasteiger partial charge >= 0.3 is 0 Å². The van der Waals surface area contributed by atoms with E-state index in [0.29, 0.717) is 25.6 Å². The minimum absolute atomic E-state index is 0.238. The number of carbonyl (C=O) groups is 2. The SMILES string of the molecule is COCCNC(=O)C(C)(C)C(=O)NCCC(C)C. The average Bonchev–Trinajstić information content (AvgIpc) is 2.28. The molecular weight excluding hydrogens is 232 g/mol. The van der Waals surface area contributed by atoms with Gasteiger partial charge in [-0.2, -0.15) is 0 Å². The first kappa shape index (κ1) is 16.9. The molecule has 0 rings (SSSR count). The van der Waals surface area contributed by atoms with Gasteiger partial charge in [-0.25, -0.2) is 0 Å². The van der Waals surface area contributed by atoms with Gasteiger partial charge in [-0.05, 0) is 26.2 Å². The molecule has 2 N–H and O–H groups in total. The molecule has 0 aliphatic heterocycles. The molecule has 0 aliphatic rings. The van der Waals surface area contributed by atoms with Crippen LogP contribution in [0.3, 0.4) is 0 Å². The molecule has 0 bridgehead atoms. The summed E-state index contributed by atoms with van der Waals surface area (Å²) >= 11 is 0. The van der Waals surface area contributed by atoms with Crippen LogP contribution in [0.4, 0.5) is 0 Å². The third-order valence-corrected chi connectivity index (χ3v) is 2.73. The number of nitrogens with one attached hydrogen (secondary N) is 2. The first-order valence-corrected chi connectivity index (χ1v) is 6.38. The van der Waals surface area contributed by atoms with Crippen LogP contribution in [0.2, 0.25) is 0 Å². The van der Waals surface area contributed by atoms with Crippen molar-refractivity contribution in [1.82, 2.24) is 10.6 Å². The molecular formula is C13H26N2O3. The fraction of sp³-hybridized carbons (Fsp3) is 0.846. The zero-order valence-corrected chi connectivity index (χ0v) is 12.1. The van der Waals surface area contributed by atoms with Crippen molar-refractivity contribution in [2.24, 2.45) is 11.3 Å². The summed E-state index contributed by atoms with van der Waals surface area (Å²) in [5, 5.41) is 5.47. The fourth-order valence-electron chi connectivity index (χ4n) is 1.29. The number of hydrogen-bond donors (Lipinski definition) is 2. The first-order valence-electron chi connectivity index (χ1n) is 6.38. The maximum Gasteiger partial charge on any atom is 0.235 e. The van der Waals surface area contributed by atoms with Gasteiger partial charge in [0, 0.05) is 20.2 Å². The molecule has 5 nitrogen and oxygen atoms in total. The van der Waals surface area contributed by atoms with Gasteiger partial charge in [-0.1, -0.05) is 13.8 Å². The number of amides is 2. The van der Waals surface area contributed by atoms with E-state index in [0.717, 1.165) is 6.42 Å². The minimum atomic E-state index is -1.05. The van der Waals surface area contributed by atoms with E-state index < -0.39 is 5.41 Å². The van der Waals surface area contributed by atoms with Crippen molar-refractivity contribution in [3.05, 3.63) is 0 Å². The van der Waals surface area contributed by atoms with Gasteiger partial charge in [-0.3, -0.25) is 9.59 Å². The van der Waals surface area contributed by atoms with Crippen molar-refractivity contribution >= 4 is 11.8 Å². The maximum absolute atomic E-state index is 11.9. The second-order valence-electron chi connectivity index (χ2n) is 5.31. The van der Waals surface area contributed by atoms with Crippen molar-refractivity contribution in [3.63, 3.8) is 0 Å². The summed E-state index contributed by atoms with van der Waals surface area (Å²) in [6, 6.07) is 0. The Morgan fingerprint density at radius 3 is 2.06 bits per heavy atom. The third kappa shape index (κ3) is 6.00. The van der Waals surface area contributed by atoms with E-state index in [1.807, 2.05) is 0 Å². The van der Waals surface area contributed by atoms with Crippen LogP contribution in [0.5, 0.6) is 0 Å². The van der Waals surface area contributed by atoms with Gasteiger partial charge in [0.15, 0.2) is 0 Å². The van der Waals surface area contributed by atoms with E-state index in [1.165, 1.54) is 0 Å². The molecule has 0 atom stereocenters. The molecule has 0 saturated carbocycles. The molecule has 0 spiro atoms. The van der Waals surface area contributed by atoms with E-state index in [-0.39, 0.29) is 11.8 Å². The molecule has 0 aliphatic carbocycles. The predicted octanol–water partition coefficient (Wildman–Crippen LogP) is 0.937. The molecule has 0 fully saturated rings. The Hall–Kier alpha value is -1.10. The Morgan fingerprint density at radius 2 is 1.61 bits per heavy atom. The molecule has 0 saturated heterocycles. The lowest BCUT2D eigenvalue weighted by Crippen LogP contribution is -2.48. The van der Waals surface area contributed by atoms with E-state index in [1.54, 1.807) is 21.0 Å². The Balaban J connectivity index is 4.16. The lowest BCUT2D eigenvalue weighted by Gasteiger charge is -2.22. The zero-order chi connectivity index (χ0) is 14.2. The van der Waals surface area contributed by atoms with Crippen molar-refractivity contribution in [1.29, 1.82) is 0 Å². The van der Waals surface area contributed by atoms with Crippen molar-refractivity contribution in [2.45, 2.75) is 34.1 Å². The monoisotopic (exact) mass is 258 g/mol. The van der Waals surface area contributed by atoms with Crippen molar-refractivity contribution in [2.75, 3.05) is 26.8 Å². The van der Waals surface area contributed by atoms with E-state index in [9.17, 15) is 9.59 Å². The van der Waals surface area contributed by atoms with Crippen molar-refractivity contribution < 1.29 is 14.3 Å². The van der Waals surface area contributed by atoms with Crippen LogP contribution >= 0.6 is 0 Å². The van der Waals surface area contributed by atoms with Crippen LogP contribution in [-0.4, -0.2) is 38.6 Å². The maximum atomic E-state index is 11.9. The Morgan fingerprint density at radius 1 is 1.11 bits per heavy atom. The summed E-state index contributed by atoms with van der Waals surface area (Å²) in [5.41, 5.74) is -1.05. The summed E-state index contributed by atoms with van der Waals surface area (Å²) in [7, 11) is 1.57. The highest BCUT2D eigenvalue weighted by molar-refractivity contribution is 6.04. The van der Waals surface area contributed by atoms with Gasteiger partial charge in [0.1, 0.15) is 5.41 Å². The molecule has 0 aromatic heterocycles. The van der Waals surface area contributed by atoms with Crippen LogP contribution in [0.15, 0.2) is 0 Å². The molecule has 0 aromatic carbocycles. The largest absolute Gasteiger partial charge is 0.383 e. The molecule has 0 unspecified atom stereocenters. The highest BCUT2D eigenvalue weighted by atomic mass is 16.5. The van der Waals surface area contributed by atoms with Crippen LogP contribution in [-0.2, 0) is 14.3 Å². The summed E-state index contributed by atoms with van der Waals surface area (Å²) in [5.74, 6) is 0.0172. The highest BCUT2D eigenvalue weighted by Gasteiger charge is 2.35. The molecule has 0 radical (unpaired) electrons. The lowest BCUT2D eigenvalue weighted by molar-refractivity contribution is -0.141. The van der Waals surface area contributed by atoms with Crippen LogP contribution in [0, 0.1) is 11.3 Å². The normalized spacial score (nSPS) is 11.4. The Bertz CT molecular complexity index is 275. The number of rotatable bonds is 8. The Labute approximate surface area is 110 Å². The third-order valence-electron chi connectivity index (χ3n) is 2.73. The molecule has 18 heavy (non-hydrogen) atoms. The van der Waals surface area contributed by atoms with Crippen molar-refractivity contribution in [3.8, 4) is 0 Å². The minimum Gasteiger partial charge on any atom is -0.383 e. The van der Waals surface area contributed by atoms with Gasteiger partial charge in [0.05, 0.1) is 6.61 Å². The van der Waals surface area contributed by atoms with Gasteiger partial charge < -0.3 is 15.4 Å². The highest BCUT2D eigenvalue weighted by Crippen LogP contribution is 2.15. The smallest absolute Gasteiger partial charge is 0.235 e. The molecule has 2 amide bonds. The first-order chi connectivity index (χ1) is 8.32.